The fourth-order valence-electron chi connectivity index (χ4n) is 1.59. The second-order valence-corrected chi connectivity index (χ2v) is 3.71. The van der Waals surface area contributed by atoms with Crippen molar-refractivity contribution in [1.29, 1.82) is 0 Å². The first-order chi connectivity index (χ1) is 8.74. The Balaban J connectivity index is 2.29. The van der Waals surface area contributed by atoms with Gasteiger partial charge >= 0.3 is 5.97 Å². The summed E-state index contributed by atoms with van der Waals surface area (Å²) in [4.78, 5) is 15.8. The van der Waals surface area contributed by atoms with E-state index in [2.05, 4.69) is 10.1 Å². The molecular weight excluding hydrogens is 230 g/mol. The molecule has 5 heteroatoms. The Morgan fingerprint density at radius 1 is 1.33 bits per heavy atom. The van der Waals surface area contributed by atoms with Crippen LogP contribution in [0.5, 0.6) is 0 Å². The van der Waals surface area contributed by atoms with Gasteiger partial charge in [0.1, 0.15) is 5.69 Å². The van der Waals surface area contributed by atoms with Crippen LogP contribution >= 0.6 is 0 Å². The van der Waals surface area contributed by atoms with Crippen molar-refractivity contribution < 1.29 is 9.53 Å². The van der Waals surface area contributed by atoms with E-state index in [9.17, 15) is 4.79 Å². The molecule has 0 amide bonds. The van der Waals surface area contributed by atoms with Crippen LogP contribution in [0, 0.1) is 0 Å². The summed E-state index contributed by atoms with van der Waals surface area (Å²) in [6.07, 6.45) is 3.47. The summed E-state index contributed by atoms with van der Waals surface area (Å²) in [5.74, 6) is -0.337. The molecule has 0 N–H and O–H groups in total. The third-order valence-corrected chi connectivity index (χ3v) is 2.50. The molecule has 0 unspecified atom stereocenters. The SMILES string of the molecule is CCOC(=O)c1ccnc(-c2ccn(CC)n2)c1. The first kappa shape index (κ1) is 12.3. The molecule has 2 aromatic heterocycles. The quantitative estimate of drug-likeness (QED) is 0.774. The first-order valence-corrected chi connectivity index (χ1v) is 5.91. The molecular formula is C13H15N3O2. The number of esters is 1. The number of aromatic nitrogens is 3. The lowest BCUT2D eigenvalue weighted by Crippen LogP contribution is -2.05. The van der Waals surface area contributed by atoms with Gasteiger partial charge in [0.15, 0.2) is 0 Å². The number of nitrogens with zero attached hydrogens (tertiary/aromatic N) is 3. The minimum Gasteiger partial charge on any atom is -0.462 e. The number of hydrogen-bond donors (Lipinski definition) is 0. The van der Waals surface area contributed by atoms with Crippen molar-refractivity contribution >= 4 is 5.97 Å². The highest BCUT2D eigenvalue weighted by Crippen LogP contribution is 2.16. The number of rotatable bonds is 4. The van der Waals surface area contributed by atoms with Gasteiger partial charge < -0.3 is 4.74 Å². The van der Waals surface area contributed by atoms with E-state index in [0.717, 1.165) is 12.2 Å². The Morgan fingerprint density at radius 2 is 2.17 bits per heavy atom. The summed E-state index contributed by atoms with van der Waals surface area (Å²) in [5.41, 5.74) is 1.92. The molecule has 0 saturated heterocycles. The number of pyridine rings is 1. The smallest absolute Gasteiger partial charge is 0.338 e. The number of hydrogen-bond acceptors (Lipinski definition) is 4. The summed E-state index contributed by atoms with van der Waals surface area (Å²) in [5, 5.41) is 4.35. The first-order valence-electron chi connectivity index (χ1n) is 5.91. The van der Waals surface area contributed by atoms with Crippen molar-refractivity contribution in [2.75, 3.05) is 6.61 Å². The van der Waals surface area contributed by atoms with Crippen LogP contribution in [-0.4, -0.2) is 27.3 Å². The summed E-state index contributed by atoms with van der Waals surface area (Å²) >= 11 is 0. The molecule has 18 heavy (non-hydrogen) atoms. The predicted octanol–water partition coefficient (Wildman–Crippen LogP) is 2.14. The molecule has 5 nitrogen and oxygen atoms in total. The highest BCUT2D eigenvalue weighted by atomic mass is 16.5. The largest absolute Gasteiger partial charge is 0.462 e. The van der Waals surface area contributed by atoms with Crippen LogP contribution in [0.25, 0.3) is 11.4 Å². The molecule has 2 rings (SSSR count). The lowest BCUT2D eigenvalue weighted by molar-refractivity contribution is 0.0526. The number of carbonyl (C=O) groups excluding carboxylic acids is 1. The summed E-state index contributed by atoms with van der Waals surface area (Å²) in [7, 11) is 0. The van der Waals surface area contributed by atoms with Gasteiger partial charge in [-0.25, -0.2) is 4.79 Å². The fraction of sp³-hybridized carbons (Fsp3) is 0.308. The standard InChI is InChI=1S/C13H15N3O2/c1-3-16-8-6-11(15-16)12-9-10(5-7-14-12)13(17)18-4-2/h5-9H,3-4H2,1-2H3. The van der Waals surface area contributed by atoms with E-state index in [1.54, 1.807) is 25.3 Å². The molecule has 0 aliphatic heterocycles. The van der Waals surface area contributed by atoms with Gasteiger partial charge in [-0.1, -0.05) is 0 Å². The zero-order valence-corrected chi connectivity index (χ0v) is 10.5. The zero-order valence-electron chi connectivity index (χ0n) is 10.5. The van der Waals surface area contributed by atoms with Crippen LogP contribution in [-0.2, 0) is 11.3 Å². The lowest BCUT2D eigenvalue weighted by atomic mass is 10.2. The van der Waals surface area contributed by atoms with E-state index in [1.807, 2.05) is 23.9 Å². The van der Waals surface area contributed by atoms with Gasteiger partial charge in [-0.3, -0.25) is 9.67 Å². The molecule has 94 valence electrons. The monoisotopic (exact) mass is 245 g/mol. The molecule has 0 radical (unpaired) electrons. The van der Waals surface area contributed by atoms with Crippen molar-refractivity contribution in [2.24, 2.45) is 0 Å². The highest BCUT2D eigenvalue weighted by molar-refractivity contribution is 5.90. The second kappa shape index (κ2) is 5.44. The maximum atomic E-state index is 11.6. The van der Waals surface area contributed by atoms with Gasteiger partial charge in [-0.15, -0.1) is 0 Å². The van der Waals surface area contributed by atoms with E-state index >= 15 is 0 Å². The topological polar surface area (TPSA) is 57.0 Å². The van der Waals surface area contributed by atoms with Gasteiger partial charge in [0.25, 0.3) is 0 Å². The van der Waals surface area contributed by atoms with Crippen molar-refractivity contribution in [1.82, 2.24) is 14.8 Å². The Kier molecular flexibility index (Phi) is 3.72. The molecule has 0 atom stereocenters. The molecule has 0 aliphatic rings. The molecule has 0 fully saturated rings. The number of aryl methyl sites for hydroxylation is 1. The summed E-state index contributed by atoms with van der Waals surface area (Å²) in [6, 6.07) is 5.21. The summed E-state index contributed by atoms with van der Waals surface area (Å²) < 4.78 is 6.77. The van der Waals surface area contributed by atoms with Gasteiger partial charge in [0.05, 0.1) is 17.9 Å². The second-order valence-electron chi connectivity index (χ2n) is 3.71. The van der Waals surface area contributed by atoms with Crippen molar-refractivity contribution in [2.45, 2.75) is 20.4 Å². The van der Waals surface area contributed by atoms with E-state index in [4.69, 9.17) is 4.74 Å². The van der Waals surface area contributed by atoms with Crippen LogP contribution < -0.4 is 0 Å². The van der Waals surface area contributed by atoms with Gasteiger partial charge in [-0.05, 0) is 32.0 Å². The van der Waals surface area contributed by atoms with Crippen LogP contribution in [0.2, 0.25) is 0 Å². The van der Waals surface area contributed by atoms with Gasteiger partial charge in [-0.2, -0.15) is 5.10 Å². The molecule has 0 aromatic carbocycles. The number of ether oxygens (including phenoxy) is 1. The highest BCUT2D eigenvalue weighted by Gasteiger charge is 2.10. The van der Waals surface area contributed by atoms with Crippen LogP contribution in [0.3, 0.4) is 0 Å². The number of carbonyl (C=O) groups is 1. The predicted molar refractivity (Wildman–Crippen MR) is 67.1 cm³/mol. The third kappa shape index (κ3) is 2.56. The lowest BCUT2D eigenvalue weighted by Gasteiger charge is -2.02. The summed E-state index contributed by atoms with van der Waals surface area (Å²) in [6.45, 7) is 4.96. The molecule has 0 saturated carbocycles. The molecule has 0 aliphatic carbocycles. The Labute approximate surface area is 105 Å². The normalized spacial score (nSPS) is 10.3. The van der Waals surface area contributed by atoms with Crippen LogP contribution in [0.15, 0.2) is 30.6 Å². The molecule has 0 spiro atoms. The van der Waals surface area contributed by atoms with Crippen LogP contribution in [0.4, 0.5) is 0 Å². The van der Waals surface area contributed by atoms with Gasteiger partial charge in [0.2, 0.25) is 0 Å². The maximum Gasteiger partial charge on any atom is 0.338 e. The Hall–Kier alpha value is -2.17. The average molecular weight is 245 g/mol. The molecule has 2 aromatic rings. The van der Waals surface area contributed by atoms with Crippen molar-refractivity contribution in [3.63, 3.8) is 0 Å². The maximum absolute atomic E-state index is 11.6. The minimum atomic E-state index is -0.337. The fourth-order valence-corrected chi connectivity index (χ4v) is 1.59. The van der Waals surface area contributed by atoms with E-state index in [0.29, 0.717) is 17.9 Å². The molecule has 2 heterocycles. The van der Waals surface area contributed by atoms with Crippen molar-refractivity contribution in [3.8, 4) is 11.4 Å². The third-order valence-electron chi connectivity index (χ3n) is 2.50. The Morgan fingerprint density at radius 3 is 2.83 bits per heavy atom. The van der Waals surface area contributed by atoms with Crippen molar-refractivity contribution in [3.05, 3.63) is 36.2 Å². The average Bonchev–Trinajstić information content (AvgIpc) is 2.88. The van der Waals surface area contributed by atoms with Crippen LogP contribution in [0.1, 0.15) is 24.2 Å². The van der Waals surface area contributed by atoms with E-state index in [1.165, 1.54) is 0 Å². The van der Waals surface area contributed by atoms with E-state index in [-0.39, 0.29) is 5.97 Å². The Bertz CT molecular complexity index is 549. The van der Waals surface area contributed by atoms with Gasteiger partial charge in [0, 0.05) is 18.9 Å². The molecule has 0 bridgehead atoms. The minimum absolute atomic E-state index is 0.337. The van der Waals surface area contributed by atoms with E-state index < -0.39 is 0 Å². The zero-order chi connectivity index (χ0) is 13.0.